The second-order valence-corrected chi connectivity index (χ2v) is 5.35. The first-order chi connectivity index (χ1) is 9.31. The maximum absolute atomic E-state index is 12.1. The fourth-order valence-electron chi connectivity index (χ4n) is 2.21. The molecule has 1 aromatic heterocycles. The van der Waals surface area contributed by atoms with Crippen LogP contribution >= 0.6 is 11.3 Å². The van der Waals surface area contributed by atoms with Crippen molar-refractivity contribution in [2.24, 2.45) is 0 Å². The van der Waals surface area contributed by atoms with E-state index in [0.717, 1.165) is 38.1 Å². The molecule has 0 N–H and O–H groups in total. The highest BCUT2D eigenvalue weighted by Gasteiger charge is 2.23. The summed E-state index contributed by atoms with van der Waals surface area (Å²) in [5, 5.41) is 3.85. The Balaban J connectivity index is 1.69. The zero-order valence-electron chi connectivity index (χ0n) is 11.3. The Morgan fingerprint density at radius 1 is 1.42 bits per heavy atom. The third-order valence-electron chi connectivity index (χ3n) is 3.28. The molecule has 0 radical (unpaired) electrons. The SMILES string of the molecule is CCOCCOC1CCN(C(=O)c2ccsc2)CC1. The van der Waals surface area contributed by atoms with Crippen molar-refractivity contribution in [3.8, 4) is 0 Å². The van der Waals surface area contributed by atoms with Gasteiger partial charge in [0.15, 0.2) is 0 Å². The minimum atomic E-state index is 0.147. The number of carbonyl (C=O) groups is 1. The molecule has 0 bridgehead atoms. The summed E-state index contributed by atoms with van der Waals surface area (Å²) in [7, 11) is 0. The van der Waals surface area contributed by atoms with E-state index in [1.165, 1.54) is 0 Å². The Hall–Kier alpha value is -0.910. The van der Waals surface area contributed by atoms with Crippen LogP contribution in [0.3, 0.4) is 0 Å². The van der Waals surface area contributed by atoms with Crippen molar-refractivity contribution < 1.29 is 14.3 Å². The zero-order valence-corrected chi connectivity index (χ0v) is 12.2. The predicted molar refractivity (Wildman–Crippen MR) is 75.7 cm³/mol. The fraction of sp³-hybridized carbons (Fsp3) is 0.643. The van der Waals surface area contributed by atoms with Gasteiger partial charge in [-0.2, -0.15) is 11.3 Å². The van der Waals surface area contributed by atoms with Crippen molar-refractivity contribution in [2.75, 3.05) is 32.9 Å². The van der Waals surface area contributed by atoms with Gasteiger partial charge in [0.05, 0.1) is 24.9 Å². The summed E-state index contributed by atoms with van der Waals surface area (Å²) >= 11 is 1.56. The van der Waals surface area contributed by atoms with Crippen molar-refractivity contribution in [3.05, 3.63) is 22.4 Å². The molecule has 0 aromatic carbocycles. The van der Waals surface area contributed by atoms with Gasteiger partial charge in [0, 0.05) is 25.1 Å². The lowest BCUT2D eigenvalue weighted by atomic mass is 10.1. The van der Waals surface area contributed by atoms with Crippen LogP contribution in [0.15, 0.2) is 16.8 Å². The van der Waals surface area contributed by atoms with Gasteiger partial charge in [0.2, 0.25) is 0 Å². The highest BCUT2D eigenvalue weighted by Crippen LogP contribution is 2.17. The van der Waals surface area contributed by atoms with Crippen LogP contribution in [0.1, 0.15) is 30.1 Å². The first-order valence-corrected chi connectivity index (χ1v) is 7.76. The van der Waals surface area contributed by atoms with E-state index in [4.69, 9.17) is 9.47 Å². The summed E-state index contributed by atoms with van der Waals surface area (Å²) in [5.74, 6) is 0.147. The summed E-state index contributed by atoms with van der Waals surface area (Å²) in [6.45, 7) is 5.59. The molecule has 2 rings (SSSR count). The quantitative estimate of drug-likeness (QED) is 0.753. The van der Waals surface area contributed by atoms with Crippen LogP contribution < -0.4 is 0 Å². The monoisotopic (exact) mass is 283 g/mol. The molecule has 19 heavy (non-hydrogen) atoms. The number of ether oxygens (including phenoxy) is 2. The molecule has 4 nitrogen and oxygen atoms in total. The van der Waals surface area contributed by atoms with Crippen molar-refractivity contribution in [1.29, 1.82) is 0 Å². The number of amides is 1. The largest absolute Gasteiger partial charge is 0.379 e. The van der Waals surface area contributed by atoms with Crippen LogP contribution in [0.25, 0.3) is 0 Å². The van der Waals surface area contributed by atoms with Gasteiger partial charge in [-0.15, -0.1) is 0 Å². The van der Waals surface area contributed by atoms with Crippen molar-refractivity contribution in [1.82, 2.24) is 4.90 Å². The van der Waals surface area contributed by atoms with Gasteiger partial charge in [-0.1, -0.05) is 0 Å². The Morgan fingerprint density at radius 2 is 2.21 bits per heavy atom. The summed E-state index contributed by atoms with van der Waals surface area (Å²) in [5.41, 5.74) is 0.806. The van der Waals surface area contributed by atoms with Gasteiger partial charge < -0.3 is 14.4 Å². The highest BCUT2D eigenvalue weighted by atomic mass is 32.1. The van der Waals surface area contributed by atoms with Crippen molar-refractivity contribution in [3.63, 3.8) is 0 Å². The topological polar surface area (TPSA) is 38.8 Å². The molecule has 1 aliphatic rings. The van der Waals surface area contributed by atoms with E-state index < -0.39 is 0 Å². The van der Waals surface area contributed by atoms with Gasteiger partial charge in [-0.25, -0.2) is 0 Å². The summed E-state index contributed by atoms with van der Waals surface area (Å²) < 4.78 is 11.0. The Kier molecular flexibility index (Phi) is 5.82. The second kappa shape index (κ2) is 7.62. The van der Waals surface area contributed by atoms with Crippen LogP contribution in [0.2, 0.25) is 0 Å². The van der Waals surface area contributed by atoms with E-state index in [9.17, 15) is 4.79 Å². The van der Waals surface area contributed by atoms with Gasteiger partial charge in [0.25, 0.3) is 5.91 Å². The molecule has 1 aromatic rings. The van der Waals surface area contributed by atoms with Crippen LogP contribution in [-0.2, 0) is 9.47 Å². The molecule has 1 fully saturated rings. The third kappa shape index (κ3) is 4.30. The Bertz CT molecular complexity index is 372. The average molecular weight is 283 g/mol. The van der Waals surface area contributed by atoms with Gasteiger partial charge in [-0.05, 0) is 31.2 Å². The van der Waals surface area contributed by atoms with Crippen molar-refractivity contribution in [2.45, 2.75) is 25.9 Å². The predicted octanol–water partition coefficient (Wildman–Crippen LogP) is 2.41. The van der Waals surface area contributed by atoms with Crippen molar-refractivity contribution >= 4 is 17.2 Å². The minimum absolute atomic E-state index is 0.147. The molecule has 1 amide bonds. The van der Waals surface area contributed by atoms with Gasteiger partial charge in [0.1, 0.15) is 0 Å². The lowest BCUT2D eigenvalue weighted by molar-refractivity contribution is -0.0182. The van der Waals surface area contributed by atoms with Crippen LogP contribution in [-0.4, -0.2) is 49.8 Å². The molecule has 5 heteroatoms. The lowest BCUT2D eigenvalue weighted by Crippen LogP contribution is -2.41. The van der Waals surface area contributed by atoms with Crippen LogP contribution in [0.4, 0.5) is 0 Å². The number of likely N-dealkylation sites (tertiary alicyclic amines) is 1. The standard InChI is InChI=1S/C14H21NO3S/c1-2-17-8-9-18-13-3-6-15(7-4-13)14(16)12-5-10-19-11-12/h5,10-11,13H,2-4,6-9H2,1H3. The lowest BCUT2D eigenvalue weighted by Gasteiger charge is -2.31. The number of thiophene rings is 1. The average Bonchev–Trinajstić information content (AvgIpc) is 2.98. The molecule has 2 heterocycles. The zero-order chi connectivity index (χ0) is 13.5. The normalized spacial score (nSPS) is 16.8. The first kappa shape index (κ1) is 14.5. The number of hydrogen-bond donors (Lipinski definition) is 0. The second-order valence-electron chi connectivity index (χ2n) is 4.57. The van der Waals surface area contributed by atoms with Crippen LogP contribution in [0.5, 0.6) is 0 Å². The van der Waals surface area contributed by atoms with E-state index in [2.05, 4.69) is 0 Å². The molecule has 106 valence electrons. The Morgan fingerprint density at radius 3 is 2.84 bits per heavy atom. The number of carbonyl (C=O) groups excluding carboxylic acids is 1. The van der Waals surface area contributed by atoms with Gasteiger partial charge >= 0.3 is 0 Å². The molecular weight excluding hydrogens is 262 g/mol. The number of nitrogens with zero attached hydrogens (tertiary/aromatic N) is 1. The van der Waals surface area contributed by atoms with Crippen LogP contribution in [0, 0.1) is 0 Å². The molecule has 0 spiro atoms. The maximum Gasteiger partial charge on any atom is 0.254 e. The smallest absolute Gasteiger partial charge is 0.254 e. The van der Waals surface area contributed by atoms with E-state index in [1.54, 1.807) is 11.3 Å². The van der Waals surface area contributed by atoms with E-state index in [1.807, 2.05) is 28.7 Å². The number of piperidine rings is 1. The minimum Gasteiger partial charge on any atom is -0.379 e. The molecule has 1 aliphatic heterocycles. The maximum atomic E-state index is 12.1. The van der Waals surface area contributed by atoms with Gasteiger partial charge in [-0.3, -0.25) is 4.79 Å². The highest BCUT2D eigenvalue weighted by molar-refractivity contribution is 7.08. The molecule has 1 saturated heterocycles. The van der Waals surface area contributed by atoms with E-state index in [-0.39, 0.29) is 12.0 Å². The Labute approximate surface area is 118 Å². The third-order valence-corrected chi connectivity index (χ3v) is 3.97. The number of hydrogen-bond acceptors (Lipinski definition) is 4. The summed E-state index contributed by atoms with van der Waals surface area (Å²) in [4.78, 5) is 14.1. The summed E-state index contributed by atoms with van der Waals surface area (Å²) in [6, 6.07) is 1.89. The van der Waals surface area contributed by atoms with E-state index >= 15 is 0 Å². The molecule has 0 unspecified atom stereocenters. The fourth-order valence-corrected chi connectivity index (χ4v) is 2.84. The number of rotatable bonds is 6. The molecule has 0 atom stereocenters. The summed E-state index contributed by atoms with van der Waals surface area (Å²) in [6.07, 6.45) is 2.11. The molecule has 0 aliphatic carbocycles. The first-order valence-electron chi connectivity index (χ1n) is 6.82. The molecular formula is C14H21NO3S. The molecule has 0 saturated carbocycles. The van der Waals surface area contributed by atoms with E-state index in [0.29, 0.717) is 13.2 Å².